The van der Waals surface area contributed by atoms with Gasteiger partial charge in [0, 0.05) is 43.5 Å². The maximum atomic E-state index is 12.6. The number of urea groups is 1. The van der Waals surface area contributed by atoms with Gasteiger partial charge in [-0.1, -0.05) is 6.07 Å². The summed E-state index contributed by atoms with van der Waals surface area (Å²) in [6, 6.07) is 3.83. The standard InChI is InChI=1S/C18H24N4O2/c1-12-5-6-16(13(2)17(12)24-4)20-18(23)22-8-7-14(11-22)15-9-19-21(3)10-15/h5-6,9-10,14H,7-8,11H2,1-4H3,(H,20,23). The van der Waals surface area contributed by atoms with Gasteiger partial charge >= 0.3 is 6.03 Å². The van der Waals surface area contributed by atoms with Crippen LogP contribution in [0, 0.1) is 13.8 Å². The normalized spacial score (nSPS) is 17.2. The Morgan fingerprint density at radius 1 is 1.38 bits per heavy atom. The van der Waals surface area contributed by atoms with E-state index >= 15 is 0 Å². The number of benzene rings is 1. The number of aryl methyl sites for hydroxylation is 2. The van der Waals surface area contributed by atoms with Crippen molar-refractivity contribution in [2.75, 3.05) is 25.5 Å². The number of anilines is 1. The van der Waals surface area contributed by atoms with E-state index in [1.807, 2.05) is 50.3 Å². The van der Waals surface area contributed by atoms with Gasteiger partial charge in [0.15, 0.2) is 0 Å². The Kier molecular flexibility index (Phi) is 4.46. The molecule has 6 heteroatoms. The first-order valence-corrected chi connectivity index (χ1v) is 8.18. The SMILES string of the molecule is COc1c(C)ccc(NC(=O)N2CCC(c3cnn(C)c3)C2)c1C. The molecule has 128 valence electrons. The molecule has 0 saturated carbocycles. The number of nitrogens with one attached hydrogen (secondary N) is 1. The lowest BCUT2D eigenvalue weighted by atomic mass is 10.0. The van der Waals surface area contributed by atoms with Crippen molar-refractivity contribution < 1.29 is 9.53 Å². The molecule has 24 heavy (non-hydrogen) atoms. The van der Waals surface area contributed by atoms with E-state index in [0.717, 1.165) is 42.1 Å². The molecule has 6 nitrogen and oxygen atoms in total. The summed E-state index contributed by atoms with van der Waals surface area (Å²) in [5.41, 5.74) is 4.01. The first-order chi connectivity index (χ1) is 11.5. The highest BCUT2D eigenvalue weighted by molar-refractivity contribution is 5.91. The van der Waals surface area contributed by atoms with Crippen molar-refractivity contribution in [3.63, 3.8) is 0 Å². The Bertz CT molecular complexity index is 753. The predicted octanol–water partition coefficient (Wildman–Crippen LogP) is 3.07. The lowest BCUT2D eigenvalue weighted by Crippen LogP contribution is -2.33. The first kappa shape index (κ1) is 16.4. The maximum Gasteiger partial charge on any atom is 0.321 e. The highest BCUT2D eigenvalue weighted by atomic mass is 16.5. The lowest BCUT2D eigenvalue weighted by Gasteiger charge is -2.19. The molecule has 1 atom stereocenters. The van der Waals surface area contributed by atoms with E-state index in [2.05, 4.69) is 10.4 Å². The lowest BCUT2D eigenvalue weighted by molar-refractivity contribution is 0.222. The third-order valence-corrected chi connectivity index (χ3v) is 4.72. The molecule has 1 unspecified atom stereocenters. The van der Waals surface area contributed by atoms with Crippen LogP contribution in [0.15, 0.2) is 24.5 Å². The van der Waals surface area contributed by atoms with Crippen LogP contribution in [0.3, 0.4) is 0 Å². The topological polar surface area (TPSA) is 59.4 Å². The minimum atomic E-state index is -0.0598. The van der Waals surface area contributed by atoms with Crippen molar-refractivity contribution in [1.82, 2.24) is 14.7 Å². The van der Waals surface area contributed by atoms with Crippen molar-refractivity contribution in [1.29, 1.82) is 0 Å². The highest BCUT2D eigenvalue weighted by Gasteiger charge is 2.28. The Morgan fingerprint density at radius 2 is 2.17 bits per heavy atom. The molecule has 2 amide bonds. The second-order valence-electron chi connectivity index (χ2n) is 6.40. The van der Waals surface area contributed by atoms with E-state index in [4.69, 9.17) is 4.74 Å². The van der Waals surface area contributed by atoms with Gasteiger partial charge in [-0.05, 0) is 37.5 Å². The summed E-state index contributed by atoms with van der Waals surface area (Å²) in [4.78, 5) is 14.5. The van der Waals surface area contributed by atoms with Crippen LogP contribution in [0.25, 0.3) is 0 Å². The van der Waals surface area contributed by atoms with E-state index < -0.39 is 0 Å². The molecule has 2 heterocycles. The monoisotopic (exact) mass is 328 g/mol. The van der Waals surface area contributed by atoms with Crippen LogP contribution >= 0.6 is 0 Å². The van der Waals surface area contributed by atoms with Gasteiger partial charge in [0.25, 0.3) is 0 Å². The minimum absolute atomic E-state index is 0.0598. The number of hydrogen-bond donors (Lipinski definition) is 1. The number of carbonyl (C=O) groups is 1. The molecule has 1 aliphatic heterocycles. The quantitative estimate of drug-likeness (QED) is 0.942. The number of nitrogens with zero attached hydrogens (tertiary/aromatic N) is 3. The third kappa shape index (κ3) is 3.09. The van der Waals surface area contributed by atoms with Crippen molar-refractivity contribution >= 4 is 11.7 Å². The molecule has 1 fully saturated rings. The minimum Gasteiger partial charge on any atom is -0.496 e. The predicted molar refractivity (Wildman–Crippen MR) is 93.6 cm³/mol. The second-order valence-corrected chi connectivity index (χ2v) is 6.40. The summed E-state index contributed by atoms with van der Waals surface area (Å²) in [5.74, 6) is 1.18. The molecule has 0 bridgehead atoms. The Morgan fingerprint density at radius 3 is 2.83 bits per heavy atom. The summed E-state index contributed by atoms with van der Waals surface area (Å²) >= 11 is 0. The van der Waals surface area contributed by atoms with Gasteiger partial charge in [-0.15, -0.1) is 0 Å². The summed E-state index contributed by atoms with van der Waals surface area (Å²) < 4.78 is 7.23. The van der Waals surface area contributed by atoms with Crippen molar-refractivity contribution in [3.8, 4) is 5.75 Å². The molecular weight excluding hydrogens is 304 g/mol. The molecule has 1 N–H and O–H groups in total. The molecular formula is C18H24N4O2. The summed E-state index contributed by atoms with van der Waals surface area (Å²) in [5, 5.41) is 7.24. The van der Waals surface area contributed by atoms with Gasteiger partial charge < -0.3 is 15.0 Å². The zero-order valence-electron chi connectivity index (χ0n) is 14.7. The summed E-state index contributed by atoms with van der Waals surface area (Å²) in [6.07, 6.45) is 4.89. The van der Waals surface area contributed by atoms with E-state index in [1.54, 1.807) is 11.8 Å². The van der Waals surface area contributed by atoms with Gasteiger partial charge in [-0.25, -0.2) is 4.79 Å². The first-order valence-electron chi connectivity index (χ1n) is 8.18. The van der Waals surface area contributed by atoms with Crippen molar-refractivity contribution in [3.05, 3.63) is 41.2 Å². The molecule has 3 rings (SSSR count). The number of rotatable bonds is 3. The van der Waals surface area contributed by atoms with Crippen LogP contribution in [0.4, 0.5) is 10.5 Å². The molecule has 2 aromatic rings. The number of aromatic nitrogens is 2. The fraction of sp³-hybridized carbons (Fsp3) is 0.444. The second kappa shape index (κ2) is 6.55. The van der Waals surface area contributed by atoms with Crippen LogP contribution < -0.4 is 10.1 Å². The Hall–Kier alpha value is -2.50. The van der Waals surface area contributed by atoms with Crippen LogP contribution in [-0.4, -0.2) is 40.9 Å². The average Bonchev–Trinajstić information content (AvgIpc) is 3.19. The number of carbonyl (C=O) groups excluding carboxylic acids is 1. The number of amides is 2. The molecule has 1 saturated heterocycles. The summed E-state index contributed by atoms with van der Waals surface area (Å²) in [7, 11) is 3.57. The van der Waals surface area contributed by atoms with E-state index in [0.29, 0.717) is 5.92 Å². The zero-order valence-corrected chi connectivity index (χ0v) is 14.7. The van der Waals surface area contributed by atoms with Crippen molar-refractivity contribution in [2.24, 2.45) is 7.05 Å². The van der Waals surface area contributed by atoms with Gasteiger partial charge in [-0.3, -0.25) is 4.68 Å². The zero-order chi connectivity index (χ0) is 17.3. The maximum absolute atomic E-state index is 12.6. The highest BCUT2D eigenvalue weighted by Crippen LogP contribution is 2.31. The van der Waals surface area contributed by atoms with Crippen molar-refractivity contribution in [2.45, 2.75) is 26.2 Å². The van der Waals surface area contributed by atoms with Crippen LogP contribution in [-0.2, 0) is 7.05 Å². The van der Waals surface area contributed by atoms with Crippen LogP contribution in [0.1, 0.15) is 29.0 Å². The number of methoxy groups -OCH3 is 1. The molecule has 1 aromatic carbocycles. The number of ether oxygens (including phenoxy) is 1. The number of likely N-dealkylation sites (tertiary alicyclic amines) is 1. The molecule has 1 aromatic heterocycles. The van der Waals surface area contributed by atoms with E-state index in [9.17, 15) is 4.79 Å². The van der Waals surface area contributed by atoms with Gasteiger partial charge in [-0.2, -0.15) is 5.10 Å². The smallest absolute Gasteiger partial charge is 0.321 e. The van der Waals surface area contributed by atoms with Gasteiger partial charge in [0.2, 0.25) is 0 Å². The van der Waals surface area contributed by atoms with Crippen LogP contribution in [0.2, 0.25) is 0 Å². The van der Waals surface area contributed by atoms with Crippen LogP contribution in [0.5, 0.6) is 5.75 Å². The molecule has 1 aliphatic rings. The fourth-order valence-corrected chi connectivity index (χ4v) is 3.34. The van der Waals surface area contributed by atoms with E-state index in [1.165, 1.54) is 5.56 Å². The number of hydrogen-bond acceptors (Lipinski definition) is 3. The summed E-state index contributed by atoms with van der Waals surface area (Å²) in [6.45, 7) is 5.44. The molecule has 0 spiro atoms. The molecule has 0 aliphatic carbocycles. The van der Waals surface area contributed by atoms with Gasteiger partial charge in [0.1, 0.15) is 5.75 Å². The third-order valence-electron chi connectivity index (χ3n) is 4.72. The Balaban J connectivity index is 1.68. The fourth-order valence-electron chi connectivity index (χ4n) is 3.34. The Labute approximate surface area is 142 Å². The largest absolute Gasteiger partial charge is 0.496 e. The molecule has 0 radical (unpaired) electrons. The van der Waals surface area contributed by atoms with E-state index in [-0.39, 0.29) is 6.03 Å². The van der Waals surface area contributed by atoms with Gasteiger partial charge in [0.05, 0.1) is 13.3 Å². The average molecular weight is 328 g/mol.